The van der Waals surface area contributed by atoms with Crippen molar-refractivity contribution in [2.24, 2.45) is 0 Å². The number of hydrogen-bond acceptors (Lipinski definition) is 4. The maximum atomic E-state index is 12.7. The van der Waals surface area contributed by atoms with Crippen molar-refractivity contribution in [2.75, 3.05) is 6.54 Å². The largest absolute Gasteiger partial charge is 0.388 e. The van der Waals surface area contributed by atoms with Gasteiger partial charge in [0.25, 0.3) is 5.91 Å². The van der Waals surface area contributed by atoms with Crippen molar-refractivity contribution in [3.05, 3.63) is 57.8 Å². The van der Waals surface area contributed by atoms with E-state index < -0.39 is 6.10 Å². The monoisotopic (exact) mass is 326 g/mol. The Labute approximate surface area is 139 Å². The summed E-state index contributed by atoms with van der Waals surface area (Å²) in [5.74, 6) is -0.0840. The van der Waals surface area contributed by atoms with Crippen LogP contribution in [-0.2, 0) is 0 Å². The molecular formula is C18H18N2O2S. The summed E-state index contributed by atoms with van der Waals surface area (Å²) in [5, 5.41) is 21.3. The minimum Gasteiger partial charge on any atom is -0.388 e. The average Bonchev–Trinajstić information content (AvgIpc) is 3.24. The molecule has 118 valence electrons. The van der Waals surface area contributed by atoms with Crippen molar-refractivity contribution in [1.29, 1.82) is 5.26 Å². The maximum absolute atomic E-state index is 12.7. The Hall–Kier alpha value is -2.16. The average molecular weight is 326 g/mol. The highest BCUT2D eigenvalue weighted by Crippen LogP contribution is 2.30. The molecule has 1 N–H and O–H groups in total. The molecule has 1 aliphatic heterocycles. The van der Waals surface area contributed by atoms with E-state index in [4.69, 9.17) is 5.26 Å². The lowest BCUT2D eigenvalue weighted by atomic mass is 10.0. The molecule has 1 aromatic heterocycles. The lowest BCUT2D eigenvalue weighted by Gasteiger charge is -2.26. The van der Waals surface area contributed by atoms with Gasteiger partial charge in [-0.2, -0.15) is 5.26 Å². The zero-order valence-electron chi connectivity index (χ0n) is 12.7. The van der Waals surface area contributed by atoms with E-state index in [0.717, 1.165) is 18.4 Å². The Balaban J connectivity index is 1.73. The smallest absolute Gasteiger partial charge is 0.265 e. The van der Waals surface area contributed by atoms with Gasteiger partial charge in [-0.3, -0.25) is 4.79 Å². The molecule has 5 heteroatoms. The normalized spacial score (nSPS) is 18.6. The zero-order chi connectivity index (χ0) is 16.2. The Kier molecular flexibility index (Phi) is 4.75. The third-order valence-corrected chi connectivity index (χ3v) is 5.20. The van der Waals surface area contributed by atoms with Crippen LogP contribution in [0, 0.1) is 11.3 Å². The third-order valence-electron chi connectivity index (χ3n) is 4.30. The van der Waals surface area contributed by atoms with Crippen LogP contribution < -0.4 is 0 Å². The number of rotatable bonds is 4. The van der Waals surface area contributed by atoms with E-state index in [-0.39, 0.29) is 11.9 Å². The molecule has 1 amide bonds. The highest BCUT2D eigenvalue weighted by Gasteiger charge is 2.32. The van der Waals surface area contributed by atoms with E-state index in [1.165, 1.54) is 11.3 Å². The molecule has 3 rings (SSSR count). The molecule has 2 unspecified atom stereocenters. The molecule has 0 saturated carbocycles. The minimum absolute atomic E-state index is 0.0198. The van der Waals surface area contributed by atoms with Crippen molar-refractivity contribution >= 4 is 17.2 Å². The predicted molar refractivity (Wildman–Crippen MR) is 89.1 cm³/mol. The molecule has 0 aliphatic carbocycles. The van der Waals surface area contributed by atoms with Crippen molar-refractivity contribution in [3.8, 4) is 6.07 Å². The van der Waals surface area contributed by atoms with Gasteiger partial charge in [0.05, 0.1) is 11.7 Å². The lowest BCUT2D eigenvalue weighted by Crippen LogP contribution is -2.36. The third kappa shape index (κ3) is 3.29. The number of nitrogens with zero attached hydrogens (tertiary/aromatic N) is 2. The van der Waals surface area contributed by atoms with E-state index in [1.54, 1.807) is 11.4 Å². The standard InChI is InChI=1S/C18H18N2O2S/c19-12-14-8-10-23-17(14)18(22)20-9-4-7-15(20)11-16(21)13-5-2-1-3-6-13/h1-3,5-6,8,10,15-16,21H,4,7,9,11H2. The maximum Gasteiger partial charge on any atom is 0.265 e. The van der Waals surface area contributed by atoms with Crippen LogP contribution in [0.3, 0.4) is 0 Å². The van der Waals surface area contributed by atoms with Gasteiger partial charge in [-0.25, -0.2) is 0 Å². The SMILES string of the molecule is N#Cc1ccsc1C(=O)N1CCCC1CC(O)c1ccccc1. The predicted octanol–water partition coefficient (Wildman–Crippen LogP) is 3.35. The second-order valence-electron chi connectivity index (χ2n) is 5.73. The topological polar surface area (TPSA) is 64.3 Å². The first-order chi connectivity index (χ1) is 11.2. The number of carbonyl (C=O) groups is 1. The van der Waals surface area contributed by atoms with Crippen LogP contribution in [0.1, 0.15) is 46.2 Å². The van der Waals surface area contributed by atoms with Crippen LogP contribution in [0.4, 0.5) is 0 Å². The number of aliphatic hydroxyl groups is 1. The fraction of sp³-hybridized carbons (Fsp3) is 0.333. The minimum atomic E-state index is -0.576. The molecule has 2 aromatic rings. The van der Waals surface area contributed by atoms with Crippen LogP contribution in [0.15, 0.2) is 41.8 Å². The van der Waals surface area contributed by atoms with Gasteiger partial charge in [0, 0.05) is 12.6 Å². The Morgan fingerprint density at radius 3 is 2.91 bits per heavy atom. The van der Waals surface area contributed by atoms with Crippen LogP contribution in [0.25, 0.3) is 0 Å². The van der Waals surface area contributed by atoms with Gasteiger partial charge < -0.3 is 10.0 Å². The molecule has 1 saturated heterocycles. The Morgan fingerprint density at radius 1 is 1.39 bits per heavy atom. The van der Waals surface area contributed by atoms with Gasteiger partial charge in [0.2, 0.25) is 0 Å². The molecule has 0 radical (unpaired) electrons. The summed E-state index contributed by atoms with van der Waals surface area (Å²) < 4.78 is 0. The Morgan fingerprint density at radius 2 is 2.17 bits per heavy atom. The van der Waals surface area contributed by atoms with Gasteiger partial charge in [0.1, 0.15) is 10.9 Å². The van der Waals surface area contributed by atoms with E-state index in [0.29, 0.717) is 23.4 Å². The van der Waals surface area contributed by atoms with Crippen LogP contribution >= 0.6 is 11.3 Å². The van der Waals surface area contributed by atoms with Gasteiger partial charge in [-0.15, -0.1) is 11.3 Å². The molecule has 2 atom stereocenters. The molecule has 0 bridgehead atoms. The van der Waals surface area contributed by atoms with E-state index in [9.17, 15) is 9.90 Å². The second kappa shape index (κ2) is 6.95. The van der Waals surface area contributed by atoms with E-state index in [1.807, 2.05) is 35.2 Å². The van der Waals surface area contributed by atoms with Crippen molar-refractivity contribution in [3.63, 3.8) is 0 Å². The summed E-state index contributed by atoms with van der Waals surface area (Å²) in [7, 11) is 0. The molecule has 1 aliphatic rings. The number of likely N-dealkylation sites (tertiary alicyclic amines) is 1. The van der Waals surface area contributed by atoms with E-state index >= 15 is 0 Å². The number of benzene rings is 1. The first-order valence-electron chi connectivity index (χ1n) is 7.72. The highest BCUT2D eigenvalue weighted by molar-refractivity contribution is 7.12. The number of carbonyl (C=O) groups excluding carboxylic acids is 1. The second-order valence-corrected chi connectivity index (χ2v) is 6.65. The van der Waals surface area contributed by atoms with Gasteiger partial charge in [-0.05, 0) is 36.3 Å². The quantitative estimate of drug-likeness (QED) is 0.937. The molecule has 23 heavy (non-hydrogen) atoms. The molecular weight excluding hydrogens is 308 g/mol. The fourth-order valence-electron chi connectivity index (χ4n) is 3.11. The summed E-state index contributed by atoms with van der Waals surface area (Å²) >= 11 is 1.31. The Bertz CT molecular complexity index is 720. The molecule has 1 aromatic carbocycles. The fourth-order valence-corrected chi connectivity index (χ4v) is 3.91. The van der Waals surface area contributed by atoms with Crippen LogP contribution in [0.2, 0.25) is 0 Å². The highest BCUT2D eigenvalue weighted by atomic mass is 32.1. The summed E-state index contributed by atoms with van der Waals surface area (Å²) in [6, 6.07) is 13.3. The summed E-state index contributed by atoms with van der Waals surface area (Å²) in [4.78, 5) is 15.0. The van der Waals surface area contributed by atoms with Crippen molar-refractivity contribution in [2.45, 2.75) is 31.4 Å². The molecule has 0 spiro atoms. The number of amides is 1. The van der Waals surface area contributed by atoms with Crippen LogP contribution in [0.5, 0.6) is 0 Å². The summed E-state index contributed by atoms with van der Waals surface area (Å²) in [6.45, 7) is 0.688. The van der Waals surface area contributed by atoms with E-state index in [2.05, 4.69) is 6.07 Å². The van der Waals surface area contributed by atoms with Gasteiger partial charge in [0.15, 0.2) is 0 Å². The molecule has 4 nitrogen and oxygen atoms in total. The summed E-state index contributed by atoms with van der Waals surface area (Å²) in [6.07, 6.45) is 1.78. The number of aliphatic hydroxyl groups excluding tert-OH is 1. The first kappa shape index (κ1) is 15.7. The molecule has 1 fully saturated rings. The molecule has 2 heterocycles. The lowest BCUT2D eigenvalue weighted by molar-refractivity contribution is 0.0671. The summed E-state index contributed by atoms with van der Waals surface area (Å²) in [5.41, 5.74) is 1.31. The number of hydrogen-bond donors (Lipinski definition) is 1. The number of nitriles is 1. The van der Waals surface area contributed by atoms with Gasteiger partial charge >= 0.3 is 0 Å². The van der Waals surface area contributed by atoms with Crippen LogP contribution in [-0.4, -0.2) is 28.5 Å². The van der Waals surface area contributed by atoms with Gasteiger partial charge in [-0.1, -0.05) is 30.3 Å². The first-order valence-corrected chi connectivity index (χ1v) is 8.60. The number of thiophene rings is 1. The zero-order valence-corrected chi connectivity index (χ0v) is 13.5. The van der Waals surface area contributed by atoms with Crippen molar-refractivity contribution < 1.29 is 9.90 Å². The van der Waals surface area contributed by atoms with Crippen molar-refractivity contribution in [1.82, 2.24) is 4.90 Å².